The van der Waals surface area contributed by atoms with Crippen molar-refractivity contribution in [2.24, 2.45) is 0 Å². The monoisotopic (exact) mass is 470 g/mol. The molecule has 0 heterocycles. The topological polar surface area (TPSA) is 43.4 Å². The molecular weight excluding hydrogens is 451 g/mol. The molecule has 3 aromatic rings. The predicted molar refractivity (Wildman–Crippen MR) is 114 cm³/mol. The van der Waals surface area contributed by atoms with Crippen molar-refractivity contribution in [3.05, 3.63) is 104 Å². The van der Waals surface area contributed by atoms with Crippen LogP contribution in [0.1, 0.15) is 43.5 Å². The van der Waals surface area contributed by atoms with Gasteiger partial charge in [0.15, 0.2) is 6.10 Å². The number of rotatable bonds is 5. The van der Waals surface area contributed by atoms with Gasteiger partial charge in [0, 0.05) is 14.7 Å². The number of aryl methyl sites for hydroxylation is 2. The molecule has 3 nitrogen and oxygen atoms in total. The van der Waals surface area contributed by atoms with Crippen molar-refractivity contribution in [2.75, 3.05) is 0 Å². The summed E-state index contributed by atoms with van der Waals surface area (Å²) in [6, 6.07) is 21.8. The van der Waals surface area contributed by atoms with E-state index in [1.807, 2.05) is 50.2 Å². The first-order chi connectivity index (χ1) is 13.0. The normalized spacial score (nSPS) is 11.7. The van der Waals surface area contributed by atoms with Crippen LogP contribution in [0.4, 0.5) is 0 Å². The maximum atomic E-state index is 13.2. The van der Waals surface area contributed by atoms with Gasteiger partial charge < -0.3 is 4.74 Å². The summed E-state index contributed by atoms with van der Waals surface area (Å²) in [5, 5.41) is 0. The van der Waals surface area contributed by atoms with Gasteiger partial charge in [0.25, 0.3) is 0 Å². The fourth-order valence-electron chi connectivity index (χ4n) is 2.74. The molecule has 0 aromatic heterocycles. The van der Waals surface area contributed by atoms with E-state index in [2.05, 4.69) is 22.6 Å². The van der Waals surface area contributed by atoms with E-state index in [4.69, 9.17) is 4.74 Å². The molecule has 1 atom stereocenters. The molecule has 0 unspecified atom stereocenters. The van der Waals surface area contributed by atoms with Gasteiger partial charge in [0.1, 0.15) is 0 Å². The first kappa shape index (κ1) is 19.3. The van der Waals surface area contributed by atoms with Crippen LogP contribution < -0.4 is 0 Å². The molecule has 0 fully saturated rings. The van der Waals surface area contributed by atoms with E-state index in [0.29, 0.717) is 16.7 Å². The van der Waals surface area contributed by atoms with Crippen molar-refractivity contribution in [2.45, 2.75) is 20.0 Å². The summed E-state index contributed by atoms with van der Waals surface area (Å²) in [6.07, 6.45) is -0.987. The zero-order valence-corrected chi connectivity index (χ0v) is 17.3. The Balaban J connectivity index is 1.95. The fraction of sp³-hybridized carbons (Fsp3) is 0.130. The number of benzene rings is 3. The second kappa shape index (κ2) is 8.48. The molecule has 0 aliphatic carbocycles. The van der Waals surface area contributed by atoms with Crippen LogP contribution in [0.15, 0.2) is 72.8 Å². The minimum Gasteiger partial charge on any atom is -0.445 e. The van der Waals surface area contributed by atoms with E-state index in [-0.39, 0.29) is 5.78 Å². The summed E-state index contributed by atoms with van der Waals surface area (Å²) in [4.78, 5) is 25.8. The van der Waals surface area contributed by atoms with Gasteiger partial charge in [0.2, 0.25) is 5.78 Å². The quantitative estimate of drug-likeness (QED) is 0.274. The van der Waals surface area contributed by atoms with Gasteiger partial charge in [-0.05, 0) is 71.8 Å². The molecule has 3 aromatic carbocycles. The fourth-order valence-corrected chi connectivity index (χ4v) is 3.28. The number of ether oxygens (including phenoxy) is 1. The summed E-state index contributed by atoms with van der Waals surface area (Å²) in [5.41, 5.74) is 3.74. The number of carbonyl (C=O) groups excluding carboxylic acids is 2. The lowest BCUT2D eigenvalue weighted by molar-refractivity contribution is 0.0280. The first-order valence-corrected chi connectivity index (χ1v) is 9.66. The molecule has 27 heavy (non-hydrogen) atoms. The molecule has 0 amide bonds. The van der Waals surface area contributed by atoms with Gasteiger partial charge in [-0.1, -0.05) is 48.5 Å². The average molecular weight is 470 g/mol. The Kier molecular flexibility index (Phi) is 6.06. The summed E-state index contributed by atoms with van der Waals surface area (Å²) >= 11 is 2.14. The lowest BCUT2D eigenvalue weighted by atomic mass is 9.97. The van der Waals surface area contributed by atoms with E-state index in [1.54, 1.807) is 36.4 Å². The molecule has 0 N–H and O–H groups in total. The summed E-state index contributed by atoms with van der Waals surface area (Å²) < 4.78 is 6.60. The maximum Gasteiger partial charge on any atom is 0.339 e. The molecule has 136 valence electrons. The zero-order chi connectivity index (χ0) is 19.4. The lowest BCUT2D eigenvalue weighted by Gasteiger charge is -2.18. The molecule has 0 saturated carbocycles. The highest BCUT2D eigenvalue weighted by molar-refractivity contribution is 14.1. The van der Waals surface area contributed by atoms with Crippen molar-refractivity contribution in [1.29, 1.82) is 0 Å². The third kappa shape index (κ3) is 4.63. The van der Waals surface area contributed by atoms with Crippen molar-refractivity contribution in [1.82, 2.24) is 0 Å². The van der Waals surface area contributed by atoms with Gasteiger partial charge in [-0.3, -0.25) is 4.79 Å². The minimum atomic E-state index is -0.987. The van der Waals surface area contributed by atoms with E-state index in [0.717, 1.165) is 14.7 Å². The molecule has 0 spiro atoms. The van der Waals surface area contributed by atoms with Gasteiger partial charge >= 0.3 is 5.97 Å². The average Bonchev–Trinajstić information content (AvgIpc) is 2.68. The van der Waals surface area contributed by atoms with E-state index in [1.165, 1.54) is 0 Å². The second-order valence-corrected chi connectivity index (χ2v) is 7.62. The van der Waals surface area contributed by atoms with E-state index in [9.17, 15) is 9.59 Å². The number of hydrogen-bond acceptors (Lipinski definition) is 3. The number of esters is 1. The Bertz CT molecular complexity index is 980. The van der Waals surface area contributed by atoms with E-state index < -0.39 is 12.1 Å². The lowest BCUT2D eigenvalue weighted by Crippen LogP contribution is -2.20. The highest BCUT2D eigenvalue weighted by atomic mass is 127. The van der Waals surface area contributed by atoms with Crippen molar-refractivity contribution in [3.63, 3.8) is 0 Å². The van der Waals surface area contributed by atoms with Gasteiger partial charge in [-0.25, -0.2) is 4.79 Å². The predicted octanol–water partition coefficient (Wildman–Crippen LogP) is 5.69. The van der Waals surface area contributed by atoms with Crippen LogP contribution in [0.25, 0.3) is 0 Å². The number of halogens is 1. The number of Topliss-reactive ketones (excluding diaryl/α,β-unsaturated/α-hetero) is 1. The minimum absolute atomic E-state index is 0.233. The van der Waals surface area contributed by atoms with Crippen LogP contribution in [0.3, 0.4) is 0 Å². The van der Waals surface area contributed by atoms with Gasteiger partial charge in [-0.15, -0.1) is 0 Å². The molecule has 3 rings (SSSR count). The standard InChI is InChI=1S/C23H19IO3/c1-15-11-12-18(13-16(15)2)21(25)22(17-7-4-3-5-8-17)27-23(26)19-9-6-10-20(24)14-19/h3-14,22H,1-2H3/t22-/m0/s1. The Labute approximate surface area is 172 Å². The molecule has 0 radical (unpaired) electrons. The number of carbonyl (C=O) groups is 2. The van der Waals surface area contributed by atoms with Gasteiger partial charge in [-0.2, -0.15) is 0 Å². The highest BCUT2D eigenvalue weighted by Gasteiger charge is 2.27. The zero-order valence-electron chi connectivity index (χ0n) is 15.1. The van der Waals surface area contributed by atoms with E-state index >= 15 is 0 Å². The van der Waals surface area contributed by atoms with Crippen LogP contribution in [-0.4, -0.2) is 11.8 Å². The van der Waals surface area contributed by atoms with Crippen molar-refractivity contribution < 1.29 is 14.3 Å². The van der Waals surface area contributed by atoms with Crippen LogP contribution in [-0.2, 0) is 4.74 Å². The van der Waals surface area contributed by atoms with Crippen LogP contribution >= 0.6 is 22.6 Å². The third-order valence-corrected chi connectivity index (χ3v) is 5.09. The Hall–Kier alpha value is -2.47. The smallest absolute Gasteiger partial charge is 0.339 e. The van der Waals surface area contributed by atoms with Crippen LogP contribution in [0.5, 0.6) is 0 Å². The van der Waals surface area contributed by atoms with Crippen LogP contribution in [0.2, 0.25) is 0 Å². The SMILES string of the molecule is Cc1ccc(C(=O)[C@@H](OC(=O)c2cccc(I)c2)c2ccccc2)cc1C. The third-order valence-electron chi connectivity index (χ3n) is 4.42. The summed E-state index contributed by atoms with van der Waals surface area (Å²) in [5.74, 6) is -0.747. The molecule has 0 bridgehead atoms. The molecule has 0 saturated heterocycles. The Morgan fingerprint density at radius 3 is 2.22 bits per heavy atom. The largest absolute Gasteiger partial charge is 0.445 e. The van der Waals surface area contributed by atoms with Crippen LogP contribution in [0, 0.1) is 17.4 Å². The van der Waals surface area contributed by atoms with Gasteiger partial charge in [0.05, 0.1) is 5.56 Å². The second-order valence-electron chi connectivity index (χ2n) is 6.37. The summed E-state index contributed by atoms with van der Waals surface area (Å²) in [7, 11) is 0. The molecular formula is C23H19IO3. The van der Waals surface area contributed by atoms with Crippen molar-refractivity contribution in [3.8, 4) is 0 Å². The summed E-state index contributed by atoms with van der Waals surface area (Å²) in [6.45, 7) is 3.96. The molecule has 0 aliphatic rings. The van der Waals surface area contributed by atoms with Crippen molar-refractivity contribution >= 4 is 34.3 Å². The Morgan fingerprint density at radius 1 is 0.815 bits per heavy atom. The highest BCUT2D eigenvalue weighted by Crippen LogP contribution is 2.25. The maximum absolute atomic E-state index is 13.2. The Morgan fingerprint density at radius 2 is 1.56 bits per heavy atom. The number of hydrogen-bond donors (Lipinski definition) is 0. The number of ketones is 1. The first-order valence-electron chi connectivity index (χ1n) is 8.58. The molecule has 0 aliphatic heterocycles. The molecule has 4 heteroatoms.